The van der Waals surface area contributed by atoms with Crippen LogP contribution in [0.15, 0.2) is 16.3 Å². The minimum Gasteiger partial charge on any atom is -0.385 e. The summed E-state index contributed by atoms with van der Waals surface area (Å²) in [5, 5.41) is 44.3. The lowest BCUT2D eigenvalue weighted by Crippen LogP contribution is -2.29. The van der Waals surface area contributed by atoms with Crippen LogP contribution >= 0.6 is 0 Å². The molecule has 2 N–H and O–H groups in total. The molecule has 40 heavy (non-hydrogen) atoms. The number of anilines is 2. The van der Waals surface area contributed by atoms with Gasteiger partial charge in [-0.2, -0.15) is 15.8 Å². The topological polar surface area (TPSA) is 197 Å². The van der Waals surface area contributed by atoms with Crippen LogP contribution in [0.2, 0.25) is 0 Å². The molecule has 1 aliphatic heterocycles. The highest BCUT2D eigenvalue weighted by molar-refractivity contribution is 6.23. The molecule has 2 amide bonds. The minimum atomic E-state index is -0.647. The van der Waals surface area contributed by atoms with Gasteiger partial charge in [0.25, 0.3) is 11.8 Å². The lowest BCUT2D eigenvalue weighted by molar-refractivity contribution is -0.107. The number of azo groups is 1. The molecule has 2 aromatic rings. The number of imide groups is 1. The maximum atomic E-state index is 12.9. The molecule has 3 rings (SSSR count). The number of methoxy groups -OCH3 is 1. The minimum absolute atomic E-state index is 0.0371. The van der Waals surface area contributed by atoms with E-state index in [-0.39, 0.29) is 51.6 Å². The van der Waals surface area contributed by atoms with E-state index >= 15 is 0 Å². The van der Waals surface area contributed by atoms with Crippen LogP contribution in [-0.4, -0.2) is 61.3 Å². The summed E-state index contributed by atoms with van der Waals surface area (Å²) in [5.74, 6) is -0.647. The first-order valence-corrected chi connectivity index (χ1v) is 12.5. The molecule has 1 aromatic heterocycles. The molecule has 0 saturated heterocycles. The van der Waals surface area contributed by atoms with Gasteiger partial charge < -0.3 is 20.2 Å². The number of benzene rings is 1. The summed E-state index contributed by atoms with van der Waals surface area (Å²) in [6.45, 7) is 4.77. The van der Waals surface area contributed by atoms with E-state index in [0.717, 1.165) is 11.2 Å². The van der Waals surface area contributed by atoms with Gasteiger partial charge in [0.1, 0.15) is 41.7 Å². The summed E-state index contributed by atoms with van der Waals surface area (Å²) in [7, 11) is 1.59. The number of nitrogens with one attached hydrogen (secondary N) is 2. The van der Waals surface area contributed by atoms with Crippen LogP contribution in [0, 0.1) is 40.9 Å². The van der Waals surface area contributed by atoms with Crippen molar-refractivity contribution in [3.8, 4) is 18.2 Å². The third kappa shape index (κ3) is 5.78. The lowest BCUT2D eigenvalue weighted by atomic mass is 9.97. The molecule has 0 aliphatic carbocycles. The zero-order chi connectivity index (χ0) is 29.2. The van der Waals surface area contributed by atoms with Crippen molar-refractivity contribution < 1.29 is 19.1 Å². The number of fused-ring (bicyclic) bond motifs is 1. The van der Waals surface area contributed by atoms with Gasteiger partial charge in [-0.05, 0) is 32.8 Å². The van der Waals surface area contributed by atoms with Gasteiger partial charge in [-0.25, -0.2) is 4.98 Å². The molecule has 0 unspecified atom stereocenters. The lowest BCUT2D eigenvalue weighted by Gasteiger charge is -2.15. The van der Waals surface area contributed by atoms with Crippen LogP contribution in [0.3, 0.4) is 0 Å². The van der Waals surface area contributed by atoms with E-state index in [9.17, 15) is 30.2 Å². The highest BCUT2D eigenvalue weighted by atomic mass is 16.5. The molecule has 1 aliphatic rings. The average molecular weight is 542 g/mol. The highest BCUT2D eigenvalue weighted by Crippen LogP contribution is 2.38. The monoisotopic (exact) mass is 541 g/mol. The third-order valence-electron chi connectivity index (χ3n) is 6.17. The first kappa shape index (κ1) is 29.4. The number of hydrogen-bond acceptors (Lipinski definition) is 12. The van der Waals surface area contributed by atoms with Crippen LogP contribution < -0.4 is 10.6 Å². The third-order valence-corrected chi connectivity index (χ3v) is 6.17. The van der Waals surface area contributed by atoms with E-state index in [2.05, 4.69) is 31.9 Å². The number of nitrogens with zero attached hydrogens (tertiary/aromatic N) is 7. The number of aldehydes is 1. The Kier molecular flexibility index (Phi) is 9.95. The molecule has 13 heteroatoms. The number of unbranched alkanes of at least 4 members (excludes halogenated alkanes) is 1. The molecule has 13 nitrogen and oxygen atoms in total. The molecule has 0 atom stereocenters. The Labute approximate surface area is 231 Å². The number of carbonyl (C=O) groups excluding carboxylic acids is 3. The summed E-state index contributed by atoms with van der Waals surface area (Å²) in [6.07, 6.45) is 2.32. The quantitative estimate of drug-likeness (QED) is 0.162. The Balaban J connectivity index is 2.15. The molecule has 1 aromatic carbocycles. The van der Waals surface area contributed by atoms with Crippen molar-refractivity contribution in [2.75, 3.05) is 44.0 Å². The molecule has 0 saturated carbocycles. The Morgan fingerprint density at radius 2 is 1.68 bits per heavy atom. The van der Waals surface area contributed by atoms with Gasteiger partial charge in [-0.1, -0.05) is 0 Å². The Hall–Kier alpha value is -5.19. The van der Waals surface area contributed by atoms with Crippen molar-refractivity contribution in [3.63, 3.8) is 0 Å². The van der Waals surface area contributed by atoms with Gasteiger partial charge in [0, 0.05) is 45.3 Å². The Morgan fingerprint density at radius 3 is 2.30 bits per heavy atom. The maximum Gasteiger partial charge on any atom is 0.262 e. The number of rotatable bonds is 13. The molecule has 0 spiro atoms. The van der Waals surface area contributed by atoms with E-state index in [1.165, 1.54) is 6.07 Å². The second-order valence-electron chi connectivity index (χ2n) is 8.63. The number of amides is 2. The van der Waals surface area contributed by atoms with Gasteiger partial charge in [0.2, 0.25) is 0 Å². The zero-order valence-electron chi connectivity index (χ0n) is 22.4. The SMILES string of the molecule is CCN1C(=O)c2cc(C#N)c(/N=N/c3c(NCCCC=O)nc(NCCCOC)c(C#N)c3C)c(C#N)c2C1=O. The fourth-order valence-corrected chi connectivity index (χ4v) is 4.14. The summed E-state index contributed by atoms with van der Waals surface area (Å²) in [5.41, 5.74) is 0.137. The number of carbonyl (C=O) groups is 3. The predicted molar refractivity (Wildman–Crippen MR) is 144 cm³/mol. The normalized spacial score (nSPS) is 12.2. The van der Waals surface area contributed by atoms with E-state index in [1.807, 2.05) is 12.1 Å². The Bertz CT molecular complexity index is 1500. The summed E-state index contributed by atoms with van der Waals surface area (Å²) in [4.78, 5) is 41.8. The standard InChI is InChI=1S/C27H27N9O4/c1-4-36-26(38)18-12-17(13-28)23(20(15-30)21(18)27(36)39)35-34-22-16(2)19(14-29)24(31-9-7-11-40-3)33-25(22)32-8-5-6-10-37/h10,12H,4-9,11H2,1-3H3,(H2,31,32,33)/b35-34+. The molecule has 204 valence electrons. The van der Waals surface area contributed by atoms with E-state index in [4.69, 9.17) is 4.74 Å². The fraction of sp³-hybridized carbons (Fsp3) is 0.370. The molecule has 0 bridgehead atoms. The first-order valence-electron chi connectivity index (χ1n) is 12.5. The van der Waals surface area contributed by atoms with Crippen molar-refractivity contribution >= 4 is 41.1 Å². The van der Waals surface area contributed by atoms with Gasteiger partial charge in [0.05, 0.1) is 27.8 Å². The molecule has 2 heterocycles. The van der Waals surface area contributed by atoms with Crippen LogP contribution in [0.1, 0.15) is 69.2 Å². The van der Waals surface area contributed by atoms with E-state index in [1.54, 1.807) is 21.0 Å². The van der Waals surface area contributed by atoms with Crippen LogP contribution in [0.4, 0.5) is 23.0 Å². The molecular weight excluding hydrogens is 514 g/mol. The average Bonchev–Trinajstić information content (AvgIpc) is 3.20. The van der Waals surface area contributed by atoms with Gasteiger partial charge in [-0.15, -0.1) is 10.2 Å². The smallest absolute Gasteiger partial charge is 0.262 e. The number of aromatic nitrogens is 1. The fourth-order valence-electron chi connectivity index (χ4n) is 4.14. The highest BCUT2D eigenvalue weighted by Gasteiger charge is 2.39. The Morgan fingerprint density at radius 1 is 1.00 bits per heavy atom. The number of nitriles is 3. The van der Waals surface area contributed by atoms with Gasteiger partial charge >= 0.3 is 0 Å². The van der Waals surface area contributed by atoms with E-state index < -0.39 is 11.8 Å². The van der Waals surface area contributed by atoms with Crippen molar-refractivity contribution in [2.24, 2.45) is 10.2 Å². The second kappa shape index (κ2) is 13.6. The van der Waals surface area contributed by atoms with E-state index in [0.29, 0.717) is 50.3 Å². The van der Waals surface area contributed by atoms with Crippen molar-refractivity contribution in [1.82, 2.24) is 9.88 Å². The summed E-state index contributed by atoms with van der Waals surface area (Å²) < 4.78 is 5.06. The summed E-state index contributed by atoms with van der Waals surface area (Å²) >= 11 is 0. The largest absolute Gasteiger partial charge is 0.385 e. The number of ether oxygens (including phenoxy) is 1. The first-order chi connectivity index (χ1) is 19.4. The second-order valence-corrected chi connectivity index (χ2v) is 8.63. The number of pyridine rings is 1. The maximum absolute atomic E-state index is 12.9. The number of hydrogen-bond donors (Lipinski definition) is 2. The zero-order valence-corrected chi connectivity index (χ0v) is 22.4. The van der Waals surface area contributed by atoms with Crippen LogP contribution in [0.25, 0.3) is 0 Å². The van der Waals surface area contributed by atoms with Crippen molar-refractivity contribution in [1.29, 1.82) is 15.8 Å². The molecule has 0 radical (unpaired) electrons. The van der Waals surface area contributed by atoms with Gasteiger partial charge in [-0.3, -0.25) is 14.5 Å². The van der Waals surface area contributed by atoms with Crippen molar-refractivity contribution in [2.45, 2.75) is 33.1 Å². The van der Waals surface area contributed by atoms with Crippen molar-refractivity contribution in [3.05, 3.63) is 39.4 Å². The summed E-state index contributed by atoms with van der Waals surface area (Å²) in [6, 6.07) is 7.18. The predicted octanol–water partition coefficient (Wildman–Crippen LogP) is 3.88. The molecule has 0 fully saturated rings. The van der Waals surface area contributed by atoms with Crippen LogP contribution in [0.5, 0.6) is 0 Å². The van der Waals surface area contributed by atoms with Gasteiger partial charge in [0.15, 0.2) is 5.82 Å². The van der Waals surface area contributed by atoms with Crippen LogP contribution in [-0.2, 0) is 9.53 Å². The molecular formula is C27H27N9O4.